The number of carbonyl (C=O) groups is 1. The Balaban J connectivity index is 1.95. The molecule has 2 aromatic rings. The van der Waals surface area contributed by atoms with Gasteiger partial charge in [0.25, 0.3) is 5.69 Å². The van der Waals surface area contributed by atoms with Gasteiger partial charge in [-0.2, -0.15) is 10.2 Å². The summed E-state index contributed by atoms with van der Waals surface area (Å²) in [5.74, 6) is -0.489. The van der Waals surface area contributed by atoms with Crippen molar-refractivity contribution in [1.29, 1.82) is 0 Å². The third-order valence-electron chi connectivity index (χ3n) is 2.11. The highest BCUT2D eigenvalue weighted by Crippen LogP contribution is 2.10. The van der Waals surface area contributed by atoms with Crippen LogP contribution >= 0.6 is 0 Å². The minimum Gasteiger partial charge on any atom is -0.264 e. The zero-order valence-electron chi connectivity index (χ0n) is 9.48. The fourth-order valence-electron chi connectivity index (χ4n) is 1.22. The van der Waals surface area contributed by atoms with Crippen LogP contribution in [0.2, 0.25) is 0 Å². The predicted octanol–water partition coefficient (Wildman–Crippen LogP) is 0.477. The topological polar surface area (TPSA) is 126 Å². The number of aromatic amines is 1. The standard InChI is InChI=1S/C10H8N6O3/c17-10(9-11-6-13-14-9)15-12-5-7-1-3-8(4-2-7)16(18)19/h1-6H,(H,15,17)(H,11,13,14)/b12-5+. The lowest BCUT2D eigenvalue weighted by atomic mass is 10.2. The molecule has 1 amide bonds. The van der Waals surface area contributed by atoms with Crippen molar-refractivity contribution in [3.05, 3.63) is 52.1 Å². The molecule has 0 atom stereocenters. The largest absolute Gasteiger partial charge is 0.308 e. The van der Waals surface area contributed by atoms with Crippen molar-refractivity contribution >= 4 is 17.8 Å². The summed E-state index contributed by atoms with van der Waals surface area (Å²) in [6.45, 7) is 0. The van der Waals surface area contributed by atoms with Gasteiger partial charge in [-0.25, -0.2) is 10.4 Å². The van der Waals surface area contributed by atoms with E-state index in [9.17, 15) is 14.9 Å². The third-order valence-corrected chi connectivity index (χ3v) is 2.11. The van der Waals surface area contributed by atoms with Gasteiger partial charge in [-0.15, -0.1) is 0 Å². The molecule has 0 aliphatic heterocycles. The fourth-order valence-corrected chi connectivity index (χ4v) is 1.22. The molecule has 0 saturated heterocycles. The van der Waals surface area contributed by atoms with Crippen LogP contribution in [-0.2, 0) is 0 Å². The predicted molar refractivity (Wildman–Crippen MR) is 64.5 cm³/mol. The van der Waals surface area contributed by atoms with E-state index in [1.807, 2.05) is 0 Å². The highest BCUT2D eigenvalue weighted by molar-refractivity contribution is 5.91. The number of carbonyl (C=O) groups excluding carboxylic acids is 1. The number of non-ortho nitro benzene ring substituents is 1. The summed E-state index contributed by atoms with van der Waals surface area (Å²) >= 11 is 0. The van der Waals surface area contributed by atoms with E-state index in [0.717, 1.165) is 0 Å². The van der Waals surface area contributed by atoms with E-state index >= 15 is 0 Å². The number of aromatic nitrogens is 3. The van der Waals surface area contributed by atoms with Crippen molar-refractivity contribution in [3.8, 4) is 0 Å². The van der Waals surface area contributed by atoms with Crippen LogP contribution < -0.4 is 5.43 Å². The first kappa shape index (κ1) is 12.4. The molecule has 1 aromatic heterocycles. The molecule has 0 aliphatic carbocycles. The smallest absolute Gasteiger partial charge is 0.264 e. The lowest BCUT2D eigenvalue weighted by molar-refractivity contribution is -0.384. The minimum atomic E-state index is -0.532. The van der Waals surface area contributed by atoms with Crippen molar-refractivity contribution in [1.82, 2.24) is 20.6 Å². The molecular formula is C10H8N6O3. The van der Waals surface area contributed by atoms with Crippen LogP contribution in [0.1, 0.15) is 16.2 Å². The first-order valence-electron chi connectivity index (χ1n) is 5.10. The number of hydrogen-bond donors (Lipinski definition) is 2. The zero-order valence-corrected chi connectivity index (χ0v) is 9.48. The molecule has 0 saturated carbocycles. The van der Waals surface area contributed by atoms with E-state index in [1.165, 1.54) is 36.8 Å². The second-order valence-electron chi connectivity index (χ2n) is 3.38. The molecule has 2 rings (SSSR count). The molecule has 0 aliphatic rings. The van der Waals surface area contributed by atoms with Gasteiger partial charge in [0.1, 0.15) is 6.33 Å². The summed E-state index contributed by atoms with van der Waals surface area (Å²) in [7, 11) is 0. The van der Waals surface area contributed by atoms with Crippen LogP contribution in [0, 0.1) is 10.1 Å². The van der Waals surface area contributed by atoms with Gasteiger partial charge in [-0.1, -0.05) is 0 Å². The van der Waals surface area contributed by atoms with Crippen LogP contribution in [0.4, 0.5) is 5.69 Å². The summed E-state index contributed by atoms with van der Waals surface area (Å²) in [5, 5.41) is 20.0. The number of hydrazone groups is 1. The maximum Gasteiger partial charge on any atom is 0.308 e. The number of rotatable bonds is 4. The van der Waals surface area contributed by atoms with Crippen molar-refractivity contribution in [3.63, 3.8) is 0 Å². The van der Waals surface area contributed by atoms with E-state index in [0.29, 0.717) is 5.56 Å². The van der Waals surface area contributed by atoms with Crippen LogP contribution in [-0.4, -0.2) is 32.2 Å². The SMILES string of the molecule is O=C(N/N=C/c1ccc([N+](=O)[O-])cc1)c1ncn[nH]1. The molecule has 96 valence electrons. The van der Waals surface area contributed by atoms with Crippen molar-refractivity contribution in [2.45, 2.75) is 0 Å². The van der Waals surface area contributed by atoms with Gasteiger partial charge in [0.2, 0.25) is 5.82 Å². The molecule has 0 unspecified atom stereocenters. The number of H-pyrrole nitrogens is 1. The number of nitro benzene ring substituents is 1. The van der Waals surface area contributed by atoms with Gasteiger partial charge in [0.05, 0.1) is 11.1 Å². The Kier molecular flexibility index (Phi) is 3.57. The maximum absolute atomic E-state index is 11.4. The Bertz CT molecular complexity index is 605. The summed E-state index contributed by atoms with van der Waals surface area (Å²) in [5.41, 5.74) is 2.84. The van der Waals surface area contributed by atoms with Gasteiger partial charge >= 0.3 is 5.91 Å². The molecule has 2 N–H and O–H groups in total. The Morgan fingerprint density at radius 1 is 1.42 bits per heavy atom. The number of hydrogen-bond acceptors (Lipinski definition) is 6. The molecule has 0 radical (unpaired) electrons. The van der Waals surface area contributed by atoms with Gasteiger partial charge < -0.3 is 0 Å². The molecule has 1 aromatic carbocycles. The van der Waals surface area contributed by atoms with Crippen LogP contribution in [0.15, 0.2) is 35.7 Å². The molecule has 0 fully saturated rings. The zero-order chi connectivity index (χ0) is 13.7. The van der Waals surface area contributed by atoms with Gasteiger partial charge in [-0.05, 0) is 17.7 Å². The van der Waals surface area contributed by atoms with Crippen LogP contribution in [0.25, 0.3) is 0 Å². The number of nitro groups is 1. The molecule has 0 bridgehead atoms. The van der Waals surface area contributed by atoms with Crippen LogP contribution in [0.3, 0.4) is 0 Å². The van der Waals surface area contributed by atoms with Crippen molar-refractivity contribution in [2.24, 2.45) is 5.10 Å². The van der Waals surface area contributed by atoms with Crippen LogP contribution in [0.5, 0.6) is 0 Å². The fraction of sp³-hybridized carbons (Fsp3) is 0. The Morgan fingerprint density at radius 3 is 2.74 bits per heavy atom. The quantitative estimate of drug-likeness (QED) is 0.469. The second-order valence-corrected chi connectivity index (χ2v) is 3.38. The lowest BCUT2D eigenvalue weighted by Gasteiger charge is -1.95. The molecule has 19 heavy (non-hydrogen) atoms. The first-order chi connectivity index (χ1) is 9.16. The second kappa shape index (κ2) is 5.49. The third kappa shape index (κ3) is 3.19. The molecule has 0 spiro atoms. The lowest BCUT2D eigenvalue weighted by Crippen LogP contribution is -2.19. The Hall–Kier alpha value is -3.10. The average Bonchev–Trinajstić information content (AvgIpc) is 2.93. The highest BCUT2D eigenvalue weighted by atomic mass is 16.6. The van der Waals surface area contributed by atoms with Gasteiger partial charge in [0.15, 0.2) is 0 Å². The van der Waals surface area contributed by atoms with Gasteiger partial charge in [-0.3, -0.25) is 20.0 Å². The Morgan fingerprint density at radius 2 is 2.16 bits per heavy atom. The van der Waals surface area contributed by atoms with Crippen molar-refractivity contribution < 1.29 is 9.72 Å². The molecule has 9 nitrogen and oxygen atoms in total. The molecule has 1 heterocycles. The summed E-state index contributed by atoms with van der Waals surface area (Å²) in [4.78, 5) is 25.0. The summed E-state index contributed by atoms with van der Waals surface area (Å²) in [6.07, 6.45) is 2.56. The first-order valence-corrected chi connectivity index (χ1v) is 5.10. The van der Waals surface area contributed by atoms with E-state index in [2.05, 4.69) is 25.7 Å². The number of amides is 1. The van der Waals surface area contributed by atoms with E-state index in [4.69, 9.17) is 0 Å². The molecule has 9 heteroatoms. The van der Waals surface area contributed by atoms with E-state index in [1.54, 1.807) is 0 Å². The van der Waals surface area contributed by atoms with E-state index < -0.39 is 10.8 Å². The van der Waals surface area contributed by atoms with Gasteiger partial charge in [0, 0.05) is 12.1 Å². The molecular weight excluding hydrogens is 252 g/mol. The number of nitrogens with zero attached hydrogens (tertiary/aromatic N) is 4. The monoisotopic (exact) mass is 260 g/mol. The Labute approximate surface area is 106 Å². The van der Waals surface area contributed by atoms with Crippen molar-refractivity contribution in [2.75, 3.05) is 0 Å². The number of nitrogens with one attached hydrogen (secondary N) is 2. The highest BCUT2D eigenvalue weighted by Gasteiger charge is 2.06. The normalized spacial score (nSPS) is 10.5. The minimum absolute atomic E-state index is 0.0113. The number of benzene rings is 1. The summed E-state index contributed by atoms with van der Waals surface area (Å²) in [6, 6.07) is 5.73. The average molecular weight is 260 g/mol. The summed E-state index contributed by atoms with van der Waals surface area (Å²) < 4.78 is 0. The maximum atomic E-state index is 11.4. The van der Waals surface area contributed by atoms with E-state index in [-0.39, 0.29) is 11.5 Å².